The molecule has 0 saturated heterocycles. The van der Waals surface area contributed by atoms with Gasteiger partial charge in [-0.3, -0.25) is 9.48 Å². The number of nitrogens with two attached hydrogens (primary N) is 1. The molecule has 2 rings (SSSR count). The Labute approximate surface area is 115 Å². The van der Waals surface area contributed by atoms with Gasteiger partial charge in [0, 0.05) is 18.5 Å². The van der Waals surface area contributed by atoms with Gasteiger partial charge in [-0.15, -0.1) is 11.3 Å². The summed E-state index contributed by atoms with van der Waals surface area (Å²) in [5.41, 5.74) is 9.43. The first-order chi connectivity index (χ1) is 9.04. The van der Waals surface area contributed by atoms with Crippen LogP contribution in [0.25, 0.3) is 0 Å². The van der Waals surface area contributed by atoms with Gasteiger partial charge in [-0.1, -0.05) is 0 Å². The van der Waals surface area contributed by atoms with E-state index >= 15 is 0 Å². The summed E-state index contributed by atoms with van der Waals surface area (Å²) in [6.45, 7) is 5.01. The summed E-state index contributed by atoms with van der Waals surface area (Å²) < 4.78 is 1.62. The van der Waals surface area contributed by atoms with Crippen molar-refractivity contribution >= 4 is 22.9 Å². The van der Waals surface area contributed by atoms with Gasteiger partial charge in [0.25, 0.3) is 5.91 Å². The molecule has 1 amide bonds. The standard InChI is InChI=1S/C12H17N5OS/c1-4-17-11(9(13)5-15-17)12(18)16(3)6-10-8(2)14-7-19-10/h5,7H,4,6,13H2,1-3H3. The SMILES string of the molecule is CCn1ncc(N)c1C(=O)N(C)Cc1scnc1C. The van der Waals surface area contributed by atoms with Crippen molar-refractivity contribution in [2.45, 2.75) is 26.9 Å². The highest BCUT2D eigenvalue weighted by Crippen LogP contribution is 2.18. The highest BCUT2D eigenvalue weighted by Gasteiger charge is 2.20. The summed E-state index contributed by atoms with van der Waals surface area (Å²) >= 11 is 1.55. The topological polar surface area (TPSA) is 77.0 Å². The summed E-state index contributed by atoms with van der Waals surface area (Å²) in [6.07, 6.45) is 1.52. The lowest BCUT2D eigenvalue weighted by Gasteiger charge is -2.17. The molecule has 2 N–H and O–H groups in total. The van der Waals surface area contributed by atoms with Gasteiger partial charge in [-0.2, -0.15) is 5.10 Å². The third-order valence-electron chi connectivity index (χ3n) is 2.94. The Morgan fingerprint density at radius 1 is 1.58 bits per heavy atom. The Balaban J connectivity index is 2.19. The minimum absolute atomic E-state index is 0.121. The number of aromatic nitrogens is 3. The van der Waals surface area contributed by atoms with E-state index in [4.69, 9.17) is 5.73 Å². The highest BCUT2D eigenvalue weighted by molar-refractivity contribution is 7.09. The summed E-state index contributed by atoms with van der Waals surface area (Å²) in [5, 5.41) is 4.09. The number of amides is 1. The lowest BCUT2D eigenvalue weighted by Crippen LogP contribution is -2.29. The number of nitrogen functional groups attached to an aromatic ring is 1. The van der Waals surface area contributed by atoms with Crippen LogP contribution in [-0.2, 0) is 13.1 Å². The van der Waals surface area contributed by atoms with Crippen molar-refractivity contribution in [2.24, 2.45) is 0 Å². The van der Waals surface area contributed by atoms with Crippen molar-refractivity contribution in [3.8, 4) is 0 Å². The van der Waals surface area contributed by atoms with Gasteiger partial charge in [0.15, 0.2) is 0 Å². The normalized spacial score (nSPS) is 10.7. The number of rotatable bonds is 4. The zero-order valence-electron chi connectivity index (χ0n) is 11.3. The molecule has 0 saturated carbocycles. The van der Waals surface area contributed by atoms with Crippen molar-refractivity contribution in [3.05, 3.63) is 28.0 Å². The fraction of sp³-hybridized carbons (Fsp3) is 0.417. The van der Waals surface area contributed by atoms with Crippen LogP contribution in [0.4, 0.5) is 5.69 Å². The average Bonchev–Trinajstić information content (AvgIpc) is 2.95. The van der Waals surface area contributed by atoms with E-state index in [-0.39, 0.29) is 5.91 Å². The number of nitrogens with zero attached hydrogens (tertiary/aromatic N) is 4. The van der Waals surface area contributed by atoms with E-state index in [1.807, 2.05) is 13.8 Å². The third kappa shape index (κ3) is 2.60. The van der Waals surface area contributed by atoms with E-state index < -0.39 is 0 Å². The van der Waals surface area contributed by atoms with Gasteiger partial charge in [0.1, 0.15) is 5.69 Å². The second-order valence-electron chi connectivity index (χ2n) is 4.29. The Morgan fingerprint density at radius 3 is 2.89 bits per heavy atom. The maximum Gasteiger partial charge on any atom is 0.274 e. The molecule has 19 heavy (non-hydrogen) atoms. The molecule has 102 valence electrons. The fourth-order valence-electron chi connectivity index (χ4n) is 1.82. The number of anilines is 1. The van der Waals surface area contributed by atoms with Gasteiger partial charge < -0.3 is 10.6 Å². The molecule has 0 spiro atoms. The monoisotopic (exact) mass is 279 g/mol. The smallest absolute Gasteiger partial charge is 0.274 e. The molecule has 0 atom stereocenters. The minimum atomic E-state index is -0.121. The second-order valence-corrected chi connectivity index (χ2v) is 5.23. The molecule has 2 heterocycles. The van der Waals surface area contributed by atoms with Crippen LogP contribution in [-0.4, -0.2) is 32.6 Å². The Kier molecular flexibility index (Phi) is 3.84. The molecule has 0 aliphatic heterocycles. The van der Waals surface area contributed by atoms with Crippen LogP contribution < -0.4 is 5.73 Å². The molecule has 0 bridgehead atoms. The molecule has 2 aromatic rings. The van der Waals surface area contributed by atoms with Gasteiger partial charge in [-0.25, -0.2) is 4.98 Å². The molecule has 0 aromatic carbocycles. The average molecular weight is 279 g/mol. The summed E-state index contributed by atoms with van der Waals surface area (Å²) in [7, 11) is 1.76. The summed E-state index contributed by atoms with van der Waals surface area (Å²) in [4.78, 5) is 19.3. The Bertz CT molecular complexity index is 589. The molecule has 6 nitrogen and oxygen atoms in total. The number of thiazole rings is 1. The number of aryl methyl sites for hydroxylation is 2. The lowest BCUT2D eigenvalue weighted by atomic mass is 10.3. The van der Waals surface area contributed by atoms with Gasteiger partial charge in [-0.05, 0) is 13.8 Å². The van der Waals surface area contributed by atoms with Crippen molar-refractivity contribution in [2.75, 3.05) is 12.8 Å². The number of hydrogen-bond donors (Lipinski definition) is 1. The highest BCUT2D eigenvalue weighted by atomic mass is 32.1. The maximum absolute atomic E-state index is 12.4. The third-order valence-corrected chi connectivity index (χ3v) is 3.86. The summed E-state index contributed by atoms with van der Waals surface area (Å²) in [6, 6.07) is 0. The molecule has 0 aliphatic rings. The largest absolute Gasteiger partial charge is 0.396 e. The second kappa shape index (κ2) is 5.40. The summed E-state index contributed by atoms with van der Waals surface area (Å²) in [5.74, 6) is -0.121. The molecule has 2 aromatic heterocycles. The Morgan fingerprint density at radius 2 is 2.32 bits per heavy atom. The molecule has 0 unspecified atom stereocenters. The predicted octanol–water partition coefficient (Wildman–Crippen LogP) is 1.52. The first-order valence-electron chi connectivity index (χ1n) is 6.00. The molecular formula is C12H17N5OS. The molecule has 7 heteroatoms. The van der Waals surface area contributed by atoms with Gasteiger partial charge >= 0.3 is 0 Å². The molecular weight excluding hydrogens is 262 g/mol. The van der Waals surface area contributed by atoms with Crippen LogP contribution >= 0.6 is 11.3 Å². The zero-order valence-corrected chi connectivity index (χ0v) is 12.1. The number of carbonyl (C=O) groups excluding carboxylic acids is 1. The van der Waals surface area contributed by atoms with Gasteiger partial charge in [0.2, 0.25) is 0 Å². The minimum Gasteiger partial charge on any atom is -0.396 e. The van der Waals surface area contributed by atoms with Gasteiger partial charge in [0.05, 0.1) is 29.6 Å². The first kappa shape index (κ1) is 13.5. The lowest BCUT2D eigenvalue weighted by molar-refractivity contribution is 0.0775. The van der Waals surface area contributed by atoms with Crippen molar-refractivity contribution in [1.82, 2.24) is 19.7 Å². The first-order valence-corrected chi connectivity index (χ1v) is 6.88. The van der Waals surface area contributed by atoms with E-state index in [2.05, 4.69) is 10.1 Å². The van der Waals surface area contributed by atoms with E-state index in [9.17, 15) is 4.79 Å². The van der Waals surface area contributed by atoms with Crippen LogP contribution in [0.1, 0.15) is 28.0 Å². The van der Waals surface area contributed by atoms with Crippen molar-refractivity contribution in [3.63, 3.8) is 0 Å². The van der Waals surface area contributed by atoms with E-state index in [0.29, 0.717) is 24.5 Å². The molecule has 0 radical (unpaired) electrons. The van der Waals surface area contributed by atoms with Crippen LogP contribution in [0.3, 0.4) is 0 Å². The van der Waals surface area contributed by atoms with Crippen LogP contribution in [0.2, 0.25) is 0 Å². The van der Waals surface area contributed by atoms with E-state index in [1.165, 1.54) is 6.20 Å². The van der Waals surface area contributed by atoms with Crippen LogP contribution in [0, 0.1) is 6.92 Å². The maximum atomic E-state index is 12.4. The molecule has 0 fully saturated rings. The fourth-order valence-corrected chi connectivity index (χ4v) is 2.65. The predicted molar refractivity (Wildman–Crippen MR) is 75.0 cm³/mol. The quantitative estimate of drug-likeness (QED) is 0.920. The molecule has 0 aliphatic carbocycles. The Hall–Kier alpha value is -1.89. The van der Waals surface area contributed by atoms with Crippen LogP contribution in [0.5, 0.6) is 0 Å². The van der Waals surface area contributed by atoms with Crippen molar-refractivity contribution < 1.29 is 4.79 Å². The van der Waals surface area contributed by atoms with E-state index in [1.54, 1.807) is 33.5 Å². The number of hydrogen-bond acceptors (Lipinski definition) is 5. The van der Waals surface area contributed by atoms with Crippen molar-refractivity contribution in [1.29, 1.82) is 0 Å². The van der Waals surface area contributed by atoms with E-state index in [0.717, 1.165) is 10.6 Å². The van der Waals surface area contributed by atoms with Crippen LogP contribution in [0.15, 0.2) is 11.7 Å². The number of carbonyl (C=O) groups is 1. The zero-order chi connectivity index (χ0) is 14.0.